The molecule has 0 saturated carbocycles. The molecule has 0 atom stereocenters. The summed E-state index contributed by atoms with van der Waals surface area (Å²) >= 11 is 1.70. The summed E-state index contributed by atoms with van der Waals surface area (Å²) in [6.45, 7) is 4.28. The minimum atomic E-state index is -0.458. The van der Waals surface area contributed by atoms with Crippen molar-refractivity contribution in [2.75, 3.05) is 0 Å². The summed E-state index contributed by atoms with van der Waals surface area (Å²) in [6, 6.07) is 8.22. The lowest BCUT2D eigenvalue weighted by atomic mass is 10.0. The zero-order valence-corrected chi connectivity index (χ0v) is 11.5. The van der Waals surface area contributed by atoms with E-state index in [1.54, 1.807) is 11.3 Å². The van der Waals surface area contributed by atoms with Crippen LogP contribution >= 0.6 is 11.3 Å². The van der Waals surface area contributed by atoms with Gasteiger partial charge in [-0.2, -0.15) is 0 Å². The van der Waals surface area contributed by atoms with Crippen molar-refractivity contribution in [3.8, 4) is 0 Å². The number of nitrogens with one attached hydrogen (secondary N) is 1. The number of hydrogen-bond donors (Lipinski definition) is 2. The molecular formula is C14H18N2OS. The van der Waals surface area contributed by atoms with E-state index in [2.05, 4.69) is 22.8 Å². The largest absolute Gasteiger partial charge is 0.352 e. The van der Waals surface area contributed by atoms with Crippen LogP contribution in [0.1, 0.15) is 25.8 Å². The third kappa shape index (κ3) is 3.31. The van der Waals surface area contributed by atoms with Gasteiger partial charge in [-0.3, -0.25) is 4.79 Å². The fourth-order valence-electron chi connectivity index (χ4n) is 1.84. The maximum atomic E-state index is 11.7. The number of amides is 1. The monoisotopic (exact) mass is 262 g/mol. The van der Waals surface area contributed by atoms with Crippen LogP contribution < -0.4 is 11.1 Å². The van der Waals surface area contributed by atoms with Crippen LogP contribution in [0.25, 0.3) is 10.1 Å². The quantitative estimate of drug-likeness (QED) is 0.890. The smallest absolute Gasteiger partial charge is 0.222 e. The summed E-state index contributed by atoms with van der Waals surface area (Å²) in [4.78, 5) is 11.7. The van der Waals surface area contributed by atoms with E-state index < -0.39 is 5.54 Å². The van der Waals surface area contributed by atoms with Gasteiger partial charge in [0, 0.05) is 23.2 Å². The van der Waals surface area contributed by atoms with Crippen LogP contribution in [0.2, 0.25) is 0 Å². The van der Waals surface area contributed by atoms with E-state index in [0.717, 1.165) is 0 Å². The lowest BCUT2D eigenvalue weighted by molar-refractivity contribution is -0.122. The minimum Gasteiger partial charge on any atom is -0.352 e. The Balaban J connectivity index is 2.00. The fraction of sp³-hybridized carbons (Fsp3) is 0.357. The number of fused-ring (bicyclic) bond motifs is 1. The summed E-state index contributed by atoms with van der Waals surface area (Å²) in [6.07, 6.45) is 0.342. The van der Waals surface area contributed by atoms with Crippen LogP contribution in [-0.4, -0.2) is 11.4 Å². The van der Waals surface area contributed by atoms with E-state index in [9.17, 15) is 4.79 Å². The van der Waals surface area contributed by atoms with Crippen LogP contribution in [0.4, 0.5) is 0 Å². The second kappa shape index (κ2) is 5.08. The zero-order chi connectivity index (χ0) is 13.2. The summed E-state index contributed by atoms with van der Waals surface area (Å²) in [5, 5.41) is 6.23. The van der Waals surface area contributed by atoms with Gasteiger partial charge in [0.05, 0.1) is 0 Å². The molecule has 0 bridgehead atoms. The molecule has 1 amide bonds. The van der Waals surface area contributed by atoms with Gasteiger partial charge in [0.25, 0.3) is 0 Å². The molecule has 0 aliphatic heterocycles. The van der Waals surface area contributed by atoms with Crippen molar-refractivity contribution in [2.24, 2.45) is 5.73 Å². The van der Waals surface area contributed by atoms with Gasteiger partial charge in [-0.15, -0.1) is 11.3 Å². The molecule has 0 aliphatic rings. The lowest BCUT2D eigenvalue weighted by Gasteiger charge is -2.17. The average Bonchev–Trinajstić information content (AvgIpc) is 2.67. The number of rotatable bonds is 4. The second-order valence-corrected chi connectivity index (χ2v) is 6.11. The van der Waals surface area contributed by atoms with Crippen LogP contribution in [0.5, 0.6) is 0 Å². The molecule has 3 N–H and O–H groups in total. The molecule has 2 aromatic rings. The Hall–Kier alpha value is -1.39. The van der Waals surface area contributed by atoms with Crippen molar-refractivity contribution in [3.63, 3.8) is 0 Å². The predicted molar refractivity (Wildman–Crippen MR) is 76.6 cm³/mol. The molecule has 1 aromatic heterocycles. The molecule has 0 radical (unpaired) electrons. The number of carbonyl (C=O) groups is 1. The Labute approximate surface area is 111 Å². The Morgan fingerprint density at radius 3 is 2.83 bits per heavy atom. The standard InChI is InChI=1S/C14H18N2OS/c1-14(2,15)7-13(17)16-8-10-9-18-12-6-4-3-5-11(10)12/h3-6,9H,7-8,15H2,1-2H3,(H,16,17). The molecule has 18 heavy (non-hydrogen) atoms. The van der Waals surface area contributed by atoms with E-state index in [4.69, 9.17) is 5.73 Å². The molecule has 96 valence electrons. The van der Waals surface area contributed by atoms with Gasteiger partial charge in [-0.05, 0) is 36.2 Å². The first-order valence-corrected chi connectivity index (χ1v) is 6.84. The van der Waals surface area contributed by atoms with Crippen molar-refractivity contribution in [3.05, 3.63) is 35.2 Å². The highest BCUT2D eigenvalue weighted by Crippen LogP contribution is 2.25. The van der Waals surface area contributed by atoms with Crippen LogP contribution in [-0.2, 0) is 11.3 Å². The maximum absolute atomic E-state index is 11.7. The van der Waals surface area contributed by atoms with Crippen LogP contribution in [0.3, 0.4) is 0 Å². The van der Waals surface area contributed by atoms with E-state index in [-0.39, 0.29) is 5.91 Å². The normalized spacial score (nSPS) is 11.7. The summed E-state index contributed by atoms with van der Waals surface area (Å²) in [5.41, 5.74) is 6.53. The minimum absolute atomic E-state index is 0.00205. The molecule has 1 heterocycles. The Morgan fingerprint density at radius 2 is 2.11 bits per heavy atom. The van der Waals surface area contributed by atoms with Gasteiger partial charge in [0.15, 0.2) is 0 Å². The van der Waals surface area contributed by atoms with Crippen LogP contribution in [0.15, 0.2) is 29.6 Å². The first kappa shape index (κ1) is 13.1. The number of benzene rings is 1. The van der Waals surface area contributed by atoms with Gasteiger partial charge in [-0.1, -0.05) is 18.2 Å². The van der Waals surface area contributed by atoms with Gasteiger partial charge in [-0.25, -0.2) is 0 Å². The summed E-state index contributed by atoms with van der Waals surface area (Å²) < 4.78 is 1.25. The third-order valence-corrected chi connectivity index (χ3v) is 3.67. The third-order valence-electron chi connectivity index (χ3n) is 2.65. The van der Waals surface area contributed by atoms with Gasteiger partial charge in [0.1, 0.15) is 0 Å². The highest BCUT2D eigenvalue weighted by molar-refractivity contribution is 7.17. The summed E-state index contributed by atoms with van der Waals surface area (Å²) in [7, 11) is 0. The van der Waals surface area contributed by atoms with Gasteiger partial charge >= 0.3 is 0 Å². The highest BCUT2D eigenvalue weighted by Gasteiger charge is 2.16. The van der Waals surface area contributed by atoms with Crippen molar-refractivity contribution in [1.82, 2.24) is 5.32 Å². The Morgan fingerprint density at radius 1 is 1.39 bits per heavy atom. The van der Waals surface area contributed by atoms with Crippen molar-refractivity contribution >= 4 is 27.3 Å². The van der Waals surface area contributed by atoms with E-state index in [1.165, 1.54) is 15.6 Å². The Bertz CT molecular complexity index is 554. The fourth-order valence-corrected chi connectivity index (χ4v) is 2.80. The average molecular weight is 262 g/mol. The van der Waals surface area contributed by atoms with E-state index in [0.29, 0.717) is 13.0 Å². The SMILES string of the molecule is CC(C)(N)CC(=O)NCc1csc2ccccc12. The van der Waals surface area contributed by atoms with E-state index in [1.807, 2.05) is 26.0 Å². The van der Waals surface area contributed by atoms with Crippen LogP contribution in [0, 0.1) is 0 Å². The van der Waals surface area contributed by atoms with E-state index >= 15 is 0 Å². The van der Waals surface area contributed by atoms with Crippen molar-refractivity contribution in [2.45, 2.75) is 32.4 Å². The first-order chi connectivity index (χ1) is 8.46. The lowest BCUT2D eigenvalue weighted by Crippen LogP contribution is -2.38. The zero-order valence-electron chi connectivity index (χ0n) is 10.7. The molecule has 3 nitrogen and oxygen atoms in total. The maximum Gasteiger partial charge on any atom is 0.222 e. The Kier molecular flexibility index (Phi) is 3.68. The van der Waals surface area contributed by atoms with Crippen molar-refractivity contribution in [1.29, 1.82) is 0 Å². The molecular weight excluding hydrogens is 244 g/mol. The number of carbonyl (C=O) groups excluding carboxylic acids is 1. The molecule has 4 heteroatoms. The molecule has 0 unspecified atom stereocenters. The molecule has 0 fully saturated rings. The molecule has 0 spiro atoms. The number of hydrogen-bond acceptors (Lipinski definition) is 3. The molecule has 2 rings (SSSR count). The molecule has 0 saturated heterocycles. The van der Waals surface area contributed by atoms with Gasteiger partial charge in [0.2, 0.25) is 5.91 Å². The molecule has 1 aromatic carbocycles. The molecule has 0 aliphatic carbocycles. The highest BCUT2D eigenvalue weighted by atomic mass is 32.1. The topological polar surface area (TPSA) is 55.1 Å². The number of thiophene rings is 1. The first-order valence-electron chi connectivity index (χ1n) is 5.96. The second-order valence-electron chi connectivity index (χ2n) is 5.20. The summed E-state index contributed by atoms with van der Waals surface area (Å²) in [5.74, 6) is -0.00205. The van der Waals surface area contributed by atoms with Crippen molar-refractivity contribution < 1.29 is 4.79 Å². The number of nitrogens with two attached hydrogens (primary N) is 1. The predicted octanol–water partition coefficient (Wildman–Crippen LogP) is 2.64. The van der Waals surface area contributed by atoms with Gasteiger partial charge < -0.3 is 11.1 Å².